The van der Waals surface area contributed by atoms with E-state index in [9.17, 15) is 13.2 Å². The molecule has 0 spiro atoms. The van der Waals surface area contributed by atoms with Gasteiger partial charge in [0.25, 0.3) is 0 Å². The van der Waals surface area contributed by atoms with Crippen LogP contribution in [0.25, 0.3) is 0 Å². The highest BCUT2D eigenvalue weighted by Crippen LogP contribution is 2.20. The summed E-state index contributed by atoms with van der Waals surface area (Å²) >= 11 is 0. The van der Waals surface area contributed by atoms with E-state index in [0.29, 0.717) is 30.3 Å². The molecule has 1 saturated heterocycles. The molecule has 0 aromatic heterocycles. The zero-order valence-corrected chi connectivity index (χ0v) is 15.0. The normalized spacial score (nSPS) is 16.6. The molecule has 0 amide bonds. The predicted molar refractivity (Wildman–Crippen MR) is 91.3 cm³/mol. The van der Waals surface area contributed by atoms with E-state index in [0.717, 1.165) is 12.8 Å². The maximum atomic E-state index is 12.6. The zero-order chi connectivity index (χ0) is 16.2. The van der Waals surface area contributed by atoms with Crippen molar-refractivity contribution in [3.8, 4) is 0 Å². The minimum atomic E-state index is -3.43. The number of halogens is 1. The first-order valence-corrected chi connectivity index (χ1v) is 8.90. The zero-order valence-electron chi connectivity index (χ0n) is 13.3. The van der Waals surface area contributed by atoms with Gasteiger partial charge in [-0.25, -0.2) is 17.5 Å². The highest BCUT2D eigenvalue weighted by molar-refractivity contribution is 7.88. The quantitative estimate of drug-likeness (QED) is 0.801. The smallest absolute Gasteiger partial charge is 0.338 e. The second kappa shape index (κ2) is 8.63. The van der Waals surface area contributed by atoms with E-state index in [1.54, 1.807) is 24.3 Å². The van der Waals surface area contributed by atoms with Crippen LogP contribution < -0.4 is 5.32 Å². The summed E-state index contributed by atoms with van der Waals surface area (Å²) in [5.74, 6) is -0.692. The van der Waals surface area contributed by atoms with Crippen molar-refractivity contribution >= 4 is 28.4 Å². The van der Waals surface area contributed by atoms with Crippen molar-refractivity contribution in [2.24, 2.45) is 0 Å². The Labute approximate surface area is 143 Å². The van der Waals surface area contributed by atoms with Crippen LogP contribution in [0.2, 0.25) is 0 Å². The van der Waals surface area contributed by atoms with Crippen molar-refractivity contribution in [1.29, 1.82) is 0 Å². The van der Waals surface area contributed by atoms with Crippen molar-refractivity contribution in [1.82, 2.24) is 9.62 Å². The first-order valence-electron chi connectivity index (χ1n) is 7.29. The van der Waals surface area contributed by atoms with Crippen molar-refractivity contribution in [3.63, 3.8) is 0 Å². The molecule has 6 nitrogen and oxygen atoms in total. The Hall–Kier alpha value is -1.15. The van der Waals surface area contributed by atoms with Crippen LogP contribution in [0.4, 0.5) is 0 Å². The van der Waals surface area contributed by atoms with Crippen LogP contribution in [0.1, 0.15) is 28.8 Å². The van der Waals surface area contributed by atoms with Gasteiger partial charge in [-0.05, 0) is 31.5 Å². The fraction of sp³-hybridized carbons (Fsp3) is 0.533. The number of piperidine rings is 1. The Balaban J connectivity index is 0.00000264. The van der Waals surface area contributed by atoms with E-state index in [-0.39, 0.29) is 18.2 Å². The van der Waals surface area contributed by atoms with Gasteiger partial charge in [0.1, 0.15) is 0 Å². The van der Waals surface area contributed by atoms with Gasteiger partial charge in [0.05, 0.1) is 18.4 Å². The molecule has 1 aromatic carbocycles. The van der Waals surface area contributed by atoms with Gasteiger partial charge in [-0.1, -0.05) is 18.2 Å². The molecule has 0 unspecified atom stereocenters. The molecule has 2 rings (SSSR count). The summed E-state index contributed by atoms with van der Waals surface area (Å²) in [7, 11) is -0.256. The Morgan fingerprint density at radius 2 is 1.91 bits per heavy atom. The van der Waals surface area contributed by atoms with Crippen molar-refractivity contribution in [2.75, 3.05) is 27.2 Å². The number of rotatable bonds is 5. The topological polar surface area (TPSA) is 75.7 Å². The largest absolute Gasteiger partial charge is 0.465 e. The van der Waals surface area contributed by atoms with Crippen LogP contribution in [-0.2, 0) is 20.5 Å². The minimum absolute atomic E-state index is 0. The van der Waals surface area contributed by atoms with Crippen LogP contribution in [0, 0.1) is 0 Å². The second-order valence-corrected chi connectivity index (χ2v) is 7.34. The molecule has 1 aromatic rings. The lowest BCUT2D eigenvalue weighted by Gasteiger charge is -2.31. The number of methoxy groups -OCH3 is 1. The third-order valence-corrected chi connectivity index (χ3v) is 5.84. The number of ether oxygens (including phenoxy) is 1. The van der Waals surface area contributed by atoms with Gasteiger partial charge in [0.15, 0.2) is 0 Å². The van der Waals surface area contributed by atoms with E-state index in [1.165, 1.54) is 11.4 Å². The first kappa shape index (κ1) is 19.9. The maximum Gasteiger partial charge on any atom is 0.338 e. The number of esters is 1. The van der Waals surface area contributed by atoms with E-state index in [4.69, 9.17) is 4.74 Å². The number of hydrogen-bond donors (Lipinski definition) is 1. The monoisotopic (exact) mass is 362 g/mol. The third-order valence-electron chi connectivity index (χ3n) is 4.02. The molecule has 23 heavy (non-hydrogen) atoms. The summed E-state index contributed by atoms with van der Waals surface area (Å²) in [4.78, 5) is 11.7. The number of carbonyl (C=O) groups is 1. The van der Waals surface area contributed by atoms with Gasteiger partial charge in [0.2, 0.25) is 10.0 Å². The second-order valence-electron chi connectivity index (χ2n) is 5.37. The molecular formula is C15H23ClN2O4S. The van der Waals surface area contributed by atoms with Crippen molar-refractivity contribution in [2.45, 2.75) is 24.6 Å². The number of sulfonamides is 1. The molecule has 1 aliphatic heterocycles. The molecular weight excluding hydrogens is 340 g/mol. The summed E-state index contributed by atoms with van der Waals surface area (Å²) in [6.07, 6.45) is 1.60. The van der Waals surface area contributed by atoms with Gasteiger partial charge < -0.3 is 10.1 Å². The van der Waals surface area contributed by atoms with E-state index in [2.05, 4.69) is 5.32 Å². The van der Waals surface area contributed by atoms with Gasteiger partial charge in [-0.2, -0.15) is 0 Å². The molecule has 1 N–H and O–H groups in total. The molecule has 0 radical (unpaired) electrons. The fourth-order valence-corrected chi connectivity index (χ4v) is 4.26. The Kier molecular flexibility index (Phi) is 7.47. The van der Waals surface area contributed by atoms with Crippen LogP contribution in [0.3, 0.4) is 0 Å². The van der Waals surface area contributed by atoms with Gasteiger partial charge >= 0.3 is 5.97 Å². The summed E-state index contributed by atoms with van der Waals surface area (Å²) in [6.45, 7) is 1.02. The Morgan fingerprint density at radius 1 is 1.30 bits per heavy atom. The number of nitrogens with one attached hydrogen (secondary N) is 1. The summed E-state index contributed by atoms with van der Waals surface area (Å²) in [5.41, 5.74) is 0.781. The van der Waals surface area contributed by atoms with Crippen molar-refractivity contribution in [3.05, 3.63) is 35.4 Å². The van der Waals surface area contributed by atoms with Gasteiger partial charge in [-0.15, -0.1) is 12.4 Å². The standard InChI is InChI=1S/C15H22N2O4S.ClH/c1-16-13-7-9-17(10-8-13)22(19,20)11-12-5-3-4-6-14(12)15(18)21-2;/h3-6,13,16H,7-11H2,1-2H3;1H. The SMILES string of the molecule is CNC1CCN(S(=O)(=O)Cc2ccccc2C(=O)OC)CC1.Cl. The molecule has 130 valence electrons. The molecule has 8 heteroatoms. The molecule has 1 heterocycles. The number of hydrogen-bond acceptors (Lipinski definition) is 5. The van der Waals surface area contributed by atoms with Crippen LogP contribution >= 0.6 is 12.4 Å². The lowest BCUT2D eigenvalue weighted by atomic mass is 10.1. The Morgan fingerprint density at radius 3 is 2.48 bits per heavy atom. The Bertz CT molecular complexity index is 628. The molecule has 0 aliphatic carbocycles. The average molecular weight is 363 g/mol. The molecule has 1 fully saturated rings. The summed E-state index contributed by atoms with van der Waals surface area (Å²) in [5, 5.41) is 3.17. The van der Waals surface area contributed by atoms with E-state index in [1.807, 2.05) is 7.05 Å². The average Bonchev–Trinajstić information content (AvgIpc) is 2.54. The lowest BCUT2D eigenvalue weighted by molar-refractivity contribution is 0.0600. The fourth-order valence-electron chi connectivity index (χ4n) is 2.67. The van der Waals surface area contributed by atoms with Crippen LogP contribution in [0.5, 0.6) is 0 Å². The summed E-state index contributed by atoms with van der Waals surface area (Å²) < 4.78 is 31.4. The number of carbonyl (C=O) groups excluding carboxylic acids is 1. The van der Waals surface area contributed by atoms with Gasteiger partial charge in [-0.3, -0.25) is 0 Å². The van der Waals surface area contributed by atoms with Gasteiger partial charge in [0, 0.05) is 19.1 Å². The molecule has 0 bridgehead atoms. The lowest BCUT2D eigenvalue weighted by Crippen LogP contribution is -2.44. The van der Waals surface area contributed by atoms with E-state index >= 15 is 0 Å². The highest BCUT2D eigenvalue weighted by atomic mass is 35.5. The highest BCUT2D eigenvalue weighted by Gasteiger charge is 2.28. The molecule has 0 saturated carbocycles. The van der Waals surface area contributed by atoms with Crippen LogP contribution in [0.15, 0.2) is 24.3 Å². The molecule has 0 atom stereocenters. The van der Waals surface area contributed by atoms with Crippen molar-refractivity contribution < 1.29 is 17.9 Å². The minimum Gasteiger partial charge on any atom is -0.465 e. The number of benzene rings is 1. The maximum absolute atomic E-state index is 12.6. The number of nitrogens with zero attached hydrogens (tertiary/aromatic N) is 1. The first-order chi connectivity index (χ1) is 10.5. The summed E-state index contributed by atoms with van der Waals surface area (Å²) in [6, 6.07) is 7.04. The molecule has 1 aliphatic rings. The van der Waals surface area contributed by atoms with Crippen LogP contribution in [-0.4, -0.2) is 52.0 Å². The van der Waals surface area contributed by atoms with E-state index < -0.39 is 16.0 Å². The third kappa shape index (κ3) is 4.91. The predicted octanol–water partition coefficient (Wildman–Crippen LogP) is 1.41.